The maximum atomic E-state index is 11.3. The number of carbonyl (C=O) groups is 2. The SMILES string of the molecule is CCCOCCNC(=O)[C@@H](N)CC(=O)OC. The summed E-state index contributed by atoms with van der Waals surface area (Å²) >= 11 is 0. The predicted molar refractivity (Wildman–Crippen MR) is 58.7 cm³/mol. The van der Waals surface area contributed by atoms with Gasteiger partial charge in [-0.15, -0.1) is 0 Å². The summed E-state index contributed by atoms with van der Waals surface area (Å²) in [5, 5.41) is 2.57. The van der Waals surface area contributed by atoms with Gasteiger partial charge in [-0.25, -0.2) is 0 Å². The molecule has 94 valence electrons. The Morgan fingerprint density at radius 3 is 2.62 bits per heavy atom. The molecule has 0 aliphatic carbocycles. The molecule has 0 radical (unpaired) electrons. The molecule has 0 aliphatic rings. The van der Waals surface area contributed by atoms with E-state index in [9.17, 15) is 9.59 Å². The summed E-state index contributed by atoms with van der Waals surface area (Å²) in [5.74, 6) is -0.865. The fourth-order valence-corrected chi connectivity index (χ4v) is 0.979. The average Bonchev–Trinajstić information content (AvgIpc) is 2.28. The Balaban J connectivity index is 3.59. The zero-order chi connectivity index (χ0) is 12.4. The van der Waals surface area contributed by atoms with E-state index in [0.29, 0.717) is 19.8 Å². The average molecular weight is 232 g/mol. The molecule has 0 saturated carbocycles. The molecule has 0 aromatic rings. The summed E-state index contributed by atoms with van der Waals surface area (Å²) in [4.78, 5) is 22.2. The Hall–Kier alpha value is -1.14. The normalized spacial score (nSPS) is 11.9. The predicted octanol–water partition coefficient (Wildman–Crippen LogP) is -0.580. The first-order valence-corrected chi connectivity index (χ1v) is 5.29. The molecule has 3 N–H and O–H groups in total. The number of esters is 1. The molecule has 0 aromatic carbocycles. The van der Waals surface area contributed by atoms with E-state index in [1.807, 2.05) is 6.92 Å². The number of nitrogens with one attached hydrogen (secondary N) is 1. The molecule has 16 heavy (non-hydrogen) atoms. The first kappa shape index (κ1) is 14.9. The van der Waals surface area contributed by atoms with Crippen LogP contribution in [-0.2, 0) is 19.1 Å². The van der Waals surface area contributed by atoms with Crippen molar-refractivity contribution in [2.24, 2.45) is 5.73 Å². The zero-order valence-electron chi connectivity index (χ0n) is 9.82. The summed E-state index contributed by atoms with van der Waals surface area (Å²) in [6.45, 7) is 3.52. The van der Waals surface area contributed by atoms with Crippen molar-refractivity contribution >= 4 is 11.9 Å². The molecule has 0 aliphatic heterocycles. The minimum atomic E-state index is -0.862. The minimum absolute atomic E-state index is 0.113. The summed E-state index contributed by atoms with van der Waals surface area (Å²) in [7, 11) is 1.26. The van der Waals surface area contributed by atoms with E-state index >= 15 is 0 Å². The third-order valence-electron chi connectivity index (χ3n) is 1.85. The van der Waals surface area contributed by atoms with Gasteiger partial charge in [0.25, 0.3) is 0 Å². The van der Waals surface area contributed by atoms with Gasteiger partial charge in [0.1, 0.15) is 0 Å². The Morgan fingerprint density at radius 1 is 1.38 bits per heavy atom. The van der Waals surface area contributed by atoms with E-state index in [1.54, 1.807) is 0 Å². The Bertz CT molecular complexity index is 221. The number of ether oxygens (including phenoxy) is 2. The van der Waals surface area contributed by atoms with E-state index in [4.69, 9.17) is 10.5 Å². The lowest BCUT2D eigenvalue weighted by Crippen LogP contribution is -2.43. The summed E-state index contributed by atoms with van der Waals surface area (Å²) in [6.07, 6.45) is 0.827. The van der Waals surface area contributed by atoms with Gasteiger partial charge in [0.2, 0.25) is 5.91 Å². The van der Waals surface area contributed by atoms with E-state index in [2.05, 4.69) is 10.1 Å². The monoisotopic (exact) mass is 232 g/mol. The molecule has 0 bridgehead atoms. The molecular weight excluding hydrogens is 212 g/mol. The highest BCUT2D eigenvalue weighted by Gasteiger charge is 2.17. The number of amides is 1. The fraction of sp³-hybridized carbons (Fsp3) is 0.800. The molecule has 0 saturated heterocycles. The van der Waals surface area contributed by atoms with Gasteiger partial charge in [-0.2, -0.15) is 0 Å². The highest BCUT2D eigenvalue weighted by molar-refractivity contribution is 5.86. The van der Waals surface area contributed by atoms with Gasteiger partial charge in [-0.1, -0.05) is 6.92 Å². The minimum Gasteiger partial charge on any atom is -0.469 e. The third-order valence-corrected chi connectivity index (χ3v) is 1.85. The van der Waals surface area contributed by atoms with E-state index in [1.165, 1.54) is 7.11 Å². The van der Waals surface area contributed by atoms with E-state index in [-0.39, 0.29) is 12.3 Å². The molecule has 6 nitrogen and oxygen atoms in total. The van der Waals surface area contributed by atoms with Gasteiger partial charge in [-0.3, -0.25) is 9.59 Å². The fourth-order valence-electron chi connectivity index (χ4n) is 0.979. The largest absolute Gasteiger partial charge is 0.469 e. The van der Waals surface area contributed by atoms with Crippen LogP contribution in [0.15, 0.2) is 0 Å². The van der Waals surface area contributed by atoms with Crippen molar-refractivity contribution in [3.05, 3.63) is 0 Å². The van der Waals surface area contributed by atoms with Crippen molar-refractivity contribution in [1.82, 2.24) is 5.32 Å². The second-order valence-electron chi connectivity index (χ2n) is 3.29. The lowest BCUT2D eigenvalue weighted by Gasteiger charge is -2.11. The zero-order valence-corrected chi connectivity index (χ0v) is 9.82. The van der Waals surface area contributed by atoms with E-state index < -0.39 is 12.0 Å². The van der Waals surface area contributed by atoms with Crippen LogP contribution in [0.3, 0.4) is 0 Å². The van der Waals surface area contributed by atoms with Gasteiger partial charge in [0, 0.05) is 13.2 Å². The van der Waals surface area contributed by atoms with Gasteiger partial charge < -0.3 is 20.5 Å². The van der Waals surface area contributed by atoms with Crippen LogP contribution in [0.1, 0.15) is 19.8 Å². The molecule has 0 unspecified atom stereocenters. The second-order valence-corrected chi connectivity index (χ2v) is 3.29. The summed E-state index contributed by atoms with van der Waals surface area (Å²) in [6, 6.07) is -0.862. The lowest BCUT2D eigenvalue weighted by atomic mass is 10.2. The van der Waals surface area contributed by atoms with Crippen LogP contribution < -0.4 is 11.1 Å². The quantitative estimate of drug-likeness (QED) is 0.431. The third kappa shape index (κ3) is 7.19. The molecule has 1 atom stereocenters. The molecule has 0 fully saturated rings. The van der Waals surface area contributed by atoms with Crippen LogP contribution >= 0.6 is 0 Å². The first-order chi connectivity index (χ1) is 7.61. The van der Waals surface area contributed by atoms with Crippen LogP contribution in [-0.4, -0.2) is 44.8 Å². The highest BCUT2D eigenvalue weighted by Crippen LogP contribution is 1.91. The number of rotatable bonds is 8. The summed E-state index contributed by atoms with van der Waals surface area (Å²) in [5.41, 5.74) is 5.48. The smallest absolute Gasteiger partial charge is 0.307 e. The van der Waals surface area contributed by atoms with Crippen molar-refractivity contribution in [2.75, 3.05) is 26.9 Å². The molecule has 0 heterocycles. The Morgan fingerprint density at radius 2 is 2.06 bits per heavy atom. The molecular formula is C10H20N2O4. The van der Waals surface area contributed by atoms with Gasteiger partial charge >= 0.3 is 5.97 Å². The molecule has 0 rings (SSSR count). The maximum absolute atomic E-state index is 11.3. The maximum Gasteiger partial charge on any atom is 0.307 e. The van der Waals surface area contributed by atoms with Gasteiger partial charge in [0.15, 0.2) is 0 Å². The van der Waals surface area contributed by atoms with Crippen molar-refractivity contribution in [1.29, 1.82) is 0 Å². The number of nitrogens with two attached hydrogens (primary N) is 1. The number of hydrogen-bond donors (Lipinski definition) is 2. The van der Waals surface area contributed by atoms with Gasteiger partial charge in [0.05, 0.1) is 26.2 Å². The second kappa shape index (κ2) is 9.11. The molecule has 1 amide bonds. The van der Waals surface area contributed by atoms with Crippen molar-refractivity contribution in [2.45, 2.75) is 25.8 Å². The van der Waals surface area contributed by atoms with Crippen molar-refractivity contribution in [3.63, 3.8) is 0 Å². The Labute approximate surface area is 95.5 Å². The van der Waals surface area contributed by atoms with Gasteiger partial charge in [-0.05, 0) is 6.42 Å². The summed E-state index contributed by atoms with van der Waals surface area (Å²) < 4.78 is 9.57. The lowest BCUT2D eigenvalue weighted by molar-refractivity contribution is -0.142. The standard InChI is InChI=1S/C10H20N2O4/c1-3-5-16-6-4-12-10(14)8(11)7-9(13)15-2/h8H,3-7,11H2,1-2H3,(H,12,14)/t8-/m0/s1. The molecule has 6 heteroatoms. The number of carbonyl (C=O) groups excluding carboxylic acids is 2. The van der Waals surface area contributed by atoms with Crippen LogP contribution in [0.5, 0.6) is 0 Å². The van der Waals surface area contributed by atoms with Crippen LogP contribution in [0, 0.1) is 0 Å². The first-order valence-electron chi connectivity index (χ1n) is 5.29. The molecule has 0 spiro atoms. The van der Waals surface area contributed by atoms with Crippen molar-refractivity contribution < 1.29 is 19.1 Å². The van der Waals surface area contributed by atoms with E-state index in [0.717, 1.165) is 6.42 Å². The highest BCUT2D eigenvalue weighted by atomic mass is 16.5. The van der Waals surface area contributed by atoms with Crippen LogP contribution in [0.25, 0.3) is 0 Å². The molecule has 0 aromatic heterocycles. The topological polar surface area (TPSA) is 90.6 Å². The Kier molecular flexibility index (Phi) is 8.46. The van der Waals surface area contributed by atoms with Crippen molar-refractivity contribution in [3.8, 4) is 0 Å². The van der Waals surface area contributed by atoms with Crippen LogP contribution in [0.2, 0.25) is 0 Å². The number of methoxy groups -OCH3 is 1. The van der Waals surface area contributed by atoms with Crippen LogP contribution in [0.4, 0.5) is 0 Å². The number of hydrogen-bond acceptors (Lipinski definition) is 5.